The molecule has 0 radical (unpaired) electrons. The first-order chi connectivity index (χ1) is 9.70. The second-order valence-corrected chi connectivity index (χ2v) is 5.91. The molecular formula is C16H27N3O. The molecule has 0 aromatic carbocycles. The highest BCUT2D eigenvalue weighted by Crippen LogP contribution is 2.23. The van der Waals surface area contributed by atoms with Crippen molar-refractivity contribution in [3.8, 4) is 0 Å². The van der Waals surface area contributed by atoms with E-state index in [0.717, 1.165) is 32.1 Å². The summed E-state index contributed by atoms with van der Waals surface area (Å²) in [5.74, 6) is 0.772. The molecule has 0 bridgehead atoms. The molecule has 20 heavy (non-hydrogen) atoms. The van der Waals surface area contributed by atoms with Gasteiger partial charge < -0.3 is 10.0 Å². The van der Waals surface area contributed by atoms with Crippen LogP contribution in [-0.2, 0) is 0 Å². The molecule has 1 unspecified atom stereocenters. The summed E-state index contributed by atoms with van der Waals surface area (Å²) >= 11 is 0. The Labute approximate surface area is 122 Å². The zero-order valence-electron chi connectivity index (χ0n) is 12.7. The molecule has 1 aromatic rings. The number of hydrogen-bond donors (Lipinski definition) is 1. The van der Waals surface area contributed by atoms with Crippen LogP contribution in [0.2, 0.25) is 0 Å². The number of hydrogen-bond acceptors (Lipinski definition) is 4. The average molecular weight is 277 g/mol. The Morgan fingerprint density at radius 1 is 1.45 bits per heavy atom. The fourth-order valence-corrected chi connectivity index (χ4v) is 2.98. The van der Waals surface area contributed by atoms with E-state index in [2.05, 4.69) is 34.8 Å². The van der Waals surface area contributed by atoms with Gasteiger partial charge in [-0.15, -0.1) is 0 Å². The number of likely N-dealkylation sites (tertiary alicyclic amines) is 1. The minimum atomic E-state index is 0.280. The highest BCUT2D eigenvalue weighted by Gasteiger charge is 2.22. The normalized spacial score (nSPS) is 19.4. The van der Waals surface area contributed by atoms with Gasteiger partial charge in [-0.1, -0.05) is 6.07 Å². The van der Waals surface area contributed by atoms with E-state index in [-0.39, 0.29) is 6.61 Å². The molecule has 4 nitrogen and oxygen atoms in total. The van der Waals surface area contributed by atoms with Crippen LogP contribution in [0.3, 0.4) is 0 Å². The monoisotopic (exact) mass is 277 g/mol. The Morgan fingerprint density at radius 3 is 2.80 bits per heavy atom. The van der Waals surface area contributed by atoms with Crippen LogP contribution in [0.1, 0.15) is 31.4 Å². The Morgan fingerprint density at radius 2 is 2.20 bits per heavy atom. The number of aliphatic hydroxyl groups is 1. The third kappa shape index (κ3) is 4.27. The second kappa shape index (κ2) is 7.72. The maximum Gasteiger partial charge on any atom is 0.0558 e. The first-order valence-electron chi connectivity index (χ1n) is 7.64. The molecule has 1 N–H and O–H groups in total. The molecule has 2 rings (SSSR count). The van der Waals surface area contributed by atoms with E-state index in [9.17, 15) is 0 Å². The van der Waals surface area contributed by atoms with Crippen LogP contribution in [0, 0.1) is 5.92 Å². The molecule has 1 aliphatic rings. The fraction of sp³-hybridized carbons (Fsp3) is 0.688. The Bertz CT molecular complexity index is 377. The van der Waals surface area contributed by atoms with E-state index < -0.39 is 0 Å². The van der Waals surface area contributed by atoms with Gasteiger partial charge in [-0.3, -0.25) is 9.88 Å². The van der Waals surface area contributed by atoms with Crippen molar-refractivity contribution in [3.05, 3.63) is 30.1 Å². The van der Waals surface area contributed by atoms with E-state index >= 15 is 0 Å². The average Bonchev–Trinajstić information content (AvgIpc) is 2.49. The summed E-state index contributed by atoms with van der Waals surface area (Å²) in [5, 5.41) is 8.97. The Kier molecular flexibility index (Phi) is 5.95. The highest BCUT2D eigenvalue weighted by molar-refractivity contribution is 5.12. The van der Waals surface area contributed by atoms with Crippen LogP contribution in [0.15, 0.2) is 24.5 Å². The van der Waals surface area contributed by atoms with Crippen molar-refractivity contribution in [1.82, 2.24) is 14.8 Å². The molecule has 1 saturated heterocycles. The van der Waals surface area contributed by atoms with Gasteiger partial charge >= 0.3 is 0 Å². The van der Waals surface area contributed by atoms with Gasteiger partial charge in [0.1, 0.15) is 0 Å². The van der Waals surface area contributed by atoms with Gasteiger partial charge in [0.25, 0.3) is 0 Å². The second-order valence-electron chi connectivity index (χ2n) is 5.91. The lowest BCUT2D eigenvalue weighted by molar-refractivity contribution is 0.121. The van der Waals surface area contributed by atoms with Gasteiger partial charge in [-0.25, -0.2) is 0 Å². The number of piperidine rings is 1. The van der Waals surface area contributed by atoms with E-state index in [0.29, 0.717) is 6.04 Å². The fourth-order valence-electron chi connectivity index (χ4n) is 2.98. The van der Waals surface area contributed by atoms with Crippen molar-refractivity contribution >= 4 is 0 Å². The first-order valence-corrected chi connectivity index (χ1v) is 7.64. The lowest BCUT2D eigenvalue weighted by atomic mass is 9.95. The van der Waals surface area contributed by atoms with Crippen molar-refractivity contribution in [3.63, 3.8) is 0 Å². The minimum absolute atomic E-state index is 0.280. The Balaban J connectivity index is 1.79. The van der Waals surface area contributed by atoms with Crippen LogP contribution in [0.4, 0.5) is 0 Å². The summed E-state index contributed by atoms with van der Waals surface area (Å²) in [6.45, 7) is 6.75. The molecule has 1 aliphatic heterocycles. The first kappa shape index (κ1) is 15.4. The standard InChI is InChI=1S/C16H27N3O/c1-14(16-4-3-7-17-12-16)18(2)13-15-5-8-19(9-6-15)10-11-20/h3-4,7,12,14-15,20H,5-6,8-11,13H2,1-2H3. The van der Waals surface area contributed by atoms with E-state index in [4.69, 9.17) is 5.11 Å². The summed E-state index contributed by atoms with van der Waals surface area (Å²) in [6, 6.07) is 4.57. The van der Waals surface area contributed by atoms with Crippen molar-refractivity contribution < 1.29 is 5.11 Å². The van der Waals surface area contributed by atoms with Crippen molar-refractivity contribution in [1.29, 1.82) is 0 Å². The molecule has 0 aliphatic carbocycles. The molecule has 1 aromatic heterocycles. The van der Waals surface area contributed by atoms with Crippen molar-refractivity contribution in [2.45, 2.75) is 25.8 Å². The smallest absolute Gasteiger partial charge is 0.0558 e. The van der Waals surface area contributed by atoms with E-state index in [1.54, 1.807) is 0 Å². The summed E-state index contributed by atoms with van der Waals surface area (Å²) in [5.41, 5.74) is 1.28. The molecule has 0 spiro atoms. The third-order valence-electron chi connectivity index (χ3n) is 4.50. The molecule has 4 heteroatoms. The number of β-amino-alcohol motifs (C(OH)–C–C–N with tert-alkyl or cyclic N) is 1. The van der Waals surface area contributed by atoms with Crippen LogP contribution >= 0.6 is 0 Å². The van der Waals surface area contributed by atoms with Crippen LogP contribution in [0.5, 0.6) is 0 Å². The number of pyridine rings is 1. The molecule has 2 heterocycles. The summed E-state index contributed by atoms with van der Waals surface area (Å²) < 4.78 is 0. The lowest BCUT2D eigenvalue weighted by Gasteiger charge is -2.35. The third-order valence-corrected chi connectivity index (χ3v) is 4.50. The van der Waals surface area contributed by atoms with Crippen LogP contribution in [0.25, 0.3) is 0 Å². The summed E-state index contributed by atoms with van der Waals surface area (Å²) in [4.78, 5) is 9.00. The van der Waals surface area contributed by atoms with Gasteiger partial charge in [-0.2, -0.15) is 0 Å². The molecule has 112 valence electrons. The highest BCUT2D eigenvalue weighted by atomic mass is 16.3. The van der Waals surface area contributed by atoms with Gasteiger partial charge in [0.2, 0.25) is 0 Å². The SMILES string of the molecule is CC(c1cccnc1)N(C)CC1CCN(CCO)CC1. The van der Waals surface area contributed by atoms with Gasteiger partial charge in [0.05, 0.1) is 6.61 Å². The number of aromatic nitrogens is 1. The van der Waals surface area contributed by atoms with E-state index in [1.165, 1.54) is 18.4 Å². The maximum absolute atomic E-state index is 8.97. The van der Waals surface area contributed by atoms with E-state index in [1.807, 2.05) is 18.5 Å². The molecule has 0 amide bonds. The van der Waals surface area contributed by atoms with Gasteiger partial charge in [0, 0.05) is 31.5 Å². The minimum Gasteiger partial charge on any atom is -0.395 e. The maximum atomic E-state index is 8.97. The van der Waals surface area contributed by atoms with Gasteiger partial charge in [0.15, 0.2) is 0 Å². The molecule has 1 atom stereocenters. The predicted octanol–water partition coefficient (Wildman–Crippen LogP) is 1.78. The molecule has 0 saturated carbocycles. The van der Waals surface area contributed by atoms with Crippen molar-refractivity contribution in [2.24, 2.45) is 5.92 Å². The molecular weight excluding hydrogens is 250 g/mol. The zero-order chi connectivity index (χ0) is 14.4. The predicted molar refractivity (Wildman–Crippen MR) is 81.5 cm³/mol. The summed E-state index contributed by atoms with van der Waals surface area (Å²) in [6.07, 6.45) is 6.27. The van der Waals surface area contributed by atoms with Crippen LogP contribution < -0.4 is 0 Å². The zero-order valence-corrected chi connectivity index (χ0v) is 12.7. The number of rotatable bonds is 6. The quantitative estimate of drug-likeness (QED) is 0.860. The molecule has 1 fully saturated rings. The number of nitrogens with zero attached hydrogens (tertiary/aromatic N) is 3. The van der Waals surface area contributed by atoms with Crippen molar-refractivity contribution in [2.75, 3.05) is 39.8 Å². The topological polar surface area (TPSA) is 39.6 Å². The van der Waals surface area contributed by atoms with Gasteiger partial charge in [-0.05, 0) is 57.5 Å². The largest absolute Gasteiger partial charge is 0.395 e. The number of aliphatic hydroxyl groups excluding tert-OH is 1. The lowest BCUT2D eigenvalue weighted by Crippen LogP contribution is -2.39. The summed E-state index contributed by atoms with van der Waals surface area (Å²) in [7, 11) is 2.21. The Hall–Kier alpha value is -0.970. The van der Waals surface area contributed by atoms with Crippen LogP contribution in [-0.4, -0.2) is 59.7 Å².